The number of hydrogen-bond acceptors (Lipinski definition) is 3. The molecule has 0 fully saturated rings. The molecule has 0 aliphatic rings. The minimum atomic E-state index is -1.07. The molecule has 1 amide bonds. The lowest BCUT2D eigenvalue weighted by atomic mass is 10.1. The maximum atomic E-state index is 11.2. The van der Waals surface area contributed by atoms with Crippen molar-refractivity contribution in [1.29, 1.82) is 0 Å². The van der Waals surface area contributed by atoms with Gasteiger partial charge in [0.05, 0.1) is 11.3 Å². The van der Waals surface area contributed by atoms with Crippen LogP contribution in [0.3, 0.4) is 0 Å². The summed E-state index contributed by atoms with van der Waals surface area (Å²) in [6.07, 6.45) is 0.624. The fraction of sp³-hybridized carbons (Fsp3) is 0.462. The van der Waals surface area contributed by atoms with Crippen LogP contribution in [0.4, 0.5) is 4.79 Å². The first-order valence-electron chi connectivity index (χ1n) is 5.73. The van der Waals surface area contributed by atoms with Crippen LogP contribution in [-0.2, 0) is 0 Å². The van der Waals surface area contributed by atoms with Crippen LogP contribution in [0, 0.1) is 6.92 Å². The van der Waals surface area contributed by atoms with Gasteiger partial charge in [0.1, 0.15) is 0 Å². The van der Waals surface area contributed by atoms with Gasteiger partial charge in [0, 0.05) is 17.5 Å². The van der Waals surface area contributed by atoms with E-state index in [1.165, 1.54) is 0 Å². The summed E-state index contributed by atoms with van der Waals surface area (Å²) >= 11 is 0. The second-order valence-corrected chi connectivity index (χ2v) is 5.14. The van der Waals surface area contributed by atoms with Crippen molar-refractivity contribution in [2.24, 2.45) is 5.10 Å². The van der Waals surface area contributed by atoms with Gasteiger partial charge in [-0.25, -0.2) is 4.79 Å². The Balaban J connectivity index is 3.06. The lowest BCUT2D eigenvalue weighted by Gasteiger charge is -2.28. The van der Waals surface area contributed by atoms with Gasteiger partial charge in [0.25, 0.3) is 0 Å². The van der Waals surface area contributed by atoms with Crippen molar-refractivity contribution in [3.63, 3.8) is 0 Å². The van der Waals surface area contributed by atoms with Crippen molar-refractivity contribution < 1.29 is 9.90 Å². The second-order valence-electron chi connectivity index (χ2n) is 5.14. The number of amides is 1. The number of pyridine rings is 1. The summed E-state index contributed by atoms with van der Waals surface area (Å²) < 4.78 is 0. The molecule has 5 nitrogen and oxygen atoms in total. The standard InChI is InChI=1S/C13H19N3O2/c1-9-6-7-11(8-14-9)10(2)15-16(12(17)18)13(3,4)5/h6-8H,1-5H3,(H,17,18)/b15-10-. The lowest BCUT2D eigenvalue weighted by molar-refractivity contribution is 0.103. The van der Waals surface area contributed by atoms with Crippen LogP contribution >= 0.6 is 0 Å². The molecule has 0 aliphatic carbocycles. The van der Waals surface area contributed by atoms with Gasteiger partial charge >= 0.3 is 6.09 Å². The van der Waals surface area contributed by atoms with Gasteiger partial charge in [0.2, 0.25) is 0 Å². The van der Waals surface area contributed by atoms with E-state index in [4.69, 9.17) is 5.11 Å². The summed E-state index contributed by atoms with van der Waals surface area (Å²) in [5, 5.41) is 14.4. The highest BCUT2D eigenvalue weighted by atomic mass is 16.4. The van der Waals surface area contributed by atoms with E-state index in [2.05, 4.69) is 10.1 Å². The highest BCUT2D eigenvalue weighted by Gasteiger charge is 2.26. The van der Waals surface area contributed by atoms with E-state index in [9.17, 15) is 4.79 Å². The first-order valence-corrected chi connectivity index (χ1v) is 5.73. The number of hydrazone groups is 1. The molecule has 1 aromatic rings. The molecular weight excluding hydrogens is 230 g/mol. The summed E-state index contributed by atoms with van der Waals surface area (Å²) in [6.45, 7) is 9.06. The van der Waals surface area contributed by atoms with Gasteiger partial charge in [-0.3, -0.25) is 4.98 Å². The number of aryl methyl sites for hydroxylation is 1. The average molecular weight is 249 g/mol. The predicted molar refractivity (Wildman–Crippen MR) is 70.8 cm³/mol. The quantitative estimate of drug-likeness (QED) is 0.647. The highest BCUT2D eigenvalue weighted by molar-refractivity contribution is 5.98. The van der Waals surface area contributed by atoms with Crippen molar-refractivity contribution in [3.05, 3.63) is 29.6 Å². The summed E-state index contributed by atoms with van der Waals surface area (Å²) in [4.78, 5) is 15.3. The number of nitrogens with zero attached hydrogens (tertiary/aromatic N) is 3. The van der Waals surface area contributed by atoms with Crippen LogP contribution in [-0.4, -0.2) is 32.4 Å². The molecule has 1 heterocycles. The first-order chi connectivity index (χ1) is 8.21. The van der Waals surface area contributed by atoms with Crippen LogP contribution in [0.15, 0.2) is 23.4 Å². The molecule has 0 radical (unpaired) electrons. The number of aromatic nitrogens is 1. The van der Waals surface area contributed by atoms with Crippen molar-refractivity contribution in [1.82, 2.24) is 9.99 Å². The Kier molecular flexibility index (Phi) is 4.06. The van der Waals surface area contributed by atoms with Gasteiger partial charge in [-0.05, 0) is 46.8 Å². The summed E-state index contributed by atoms with van der Waals surface area (Å²) in [5.41, 5.74) is 1.78. The minimum Gasteiger partial charge on any atom is -0.464 e. The fourth-order valence-electron chi connectivity index (χ4n) is 1.37. The number of rotatable bonds is 2. The Morgan fingerprint density at radius 2 is 2.00 bits per heavy atom. The highest BCUT2D eigenvalue weighted by Crippen LogP contribution is 2.15. The monoisotopic (exact) mass is 249 g/mol. The van der Waals surface area contributed by atoms with Crippen LogP contribution < -0.4 is 0 Å². The zero-order chi connectivity index (χ0) is 13.9. The third-order valence-electron chi connectivity index (χ3n) is 2.40. The summed E-state index contributed by atoms with van der Waals surface area (Å²) in [6, 6.07) is 3.75. The maximum Gasteiger partial charge on any atom is 0.428 e. The SMILES string of the molecule is C/C(=N/N(C(=O)O)C(C)(C)C)c1ccc(C)nc1. The molecule has 1 rings (SSSR count). The zero-order valence-corrected chi connectivity index (χ0v) is 11.4. The van der Waals surface area contributed by atoms with Gasteiger partial charge in [-0.1, -0.05) is 0 Å². The average Bonchev–Trinajstić information content (AvgIpc) is 2.24. The molecule has 0 saturated carbocycles. The molecule has 0 spiro atoms. The summed E-state index contributed by atoms with van der Waals surface area (Å²) in [7, 11) is 0. The van der Waals surface area contributed by atoms with E-state index in [0.717, 1.165) is 16.3 Å². The summed E-state index contributed by atoms with van der Waals surface area (Å²) in [5.74, 6) is 0. The molecule has 18 heavy (non-hydrogen) atoms. The van der Waals surface area contributed by atoms with Gasteiger partial charge < -0.3 is 5.11 Å². The smallest absolute Gasteiger partial charge is 0.428 e. The van der Waals surface area contributed by atoms with E-state index >= 15 is 0 Å². The second kappa shape index (κ2) is 5.16. The molecule has 5 heteroatoms. The molecule has 1 aromatic heterocycles. The first kappa shape index (κ1) is 14.2. The minimum absolute atomic E-state index is 0.578. The largest absolute Gasteiger partial charge is 0.464 e. The molecule has 98 valence electrons. The van der Waals surface area contributed by atoms with E-state index in [-0.39, 0.29) is 0 Å². The molecule has 0 aliphatic heterocycles. The molecule has 0 saturated heterocycles. The van der Waals surface area contributed by atoms with Crippen molar-refractivity contribution in [2.75, 3.05) is 0 Å². The molecule has 0 aromatic carbocycles. The van der Waals surface area contributed by atoms with Crippen LogP contribution in [0.5, 0.6) is 0 Å². The number of hydrogen-bond donors (Lipinski definition) is 1. The zero-order valence-electron chi connectivity index (χ0n) is 11.4. The number of carboxylic acid groups (broad SMARTS) is 1. The van der Waals surface area contributed by atoms with E-state index in [0.29, 0.717) is 5.71 Å². The van der Waals surface area contributed by atoms with Crippen LogP contribution in [0.25, 0.3) is 0 Å². The Labute approximate surface area is 107 Å². The van der Waals surface area contributed by atoms with Crippen LogP contribution in [0.1, 0.15) is 39.0 Å². The van der Waals surface area contributed by atoms with Crippen molar-refractivity contribution in [2.45, 2.75) is 40.2 Å². The third kappa shape index (κ3) is 3.55. The molecule has 0 atom stereocenters. The third-order valence-corrected chi connectivity index (χ3v) is 2.40. The lowest BCUT2D eigenvalue weighted by Crippen LogP contribution is -2.41. The van der Waals surface area contributed by atoms with Crippen molar-refractivity contribution in [3.8, 4) is 0 Å². The van der Waals surface area contributed by atoms with Crippen molar-refractivity contribution >= 4 is 11.8 Å². The van der Waals surface area contributed by atoms with E-state index < -0.39 is 11.6 Å². The molecular formula is C13H19N3O2. The predicted octanol–water partition coefficient (Wildman–Crippen LogP) is 2.89. The normalized spacial score (nSPS) is 12.4. The Hall–Kier alpha value is -1.91. The van der Waals surface area contributed by atoms with Crippen LogP contribution in [0.2, 0.25) is 0 Å². The Morgan fingerprint density at radius 1 is 1.39 bits per heavy atom. The maximum absolute atomic E-state index is 11.2. The molecule has 0 unspecified atom stereocenters. The van der Waals surface area contributed by atoms with Gasteiger partial charge in [0.15, 0.2) is 0 Å². The van der Waals surface area contributed by atoms with Gasteiger partial charge in [-0.2, -0.15) is 10.1 Å². The van der Waals surface area contributed by atoms with Gasteiger partial charge in [-0.15, -0.1) is 0 Å². The Morgan fingerprint density at radius 3 is 2.39 bits per heavy atom. The van der Waals surface area contributed by atoms with E-state index in [1.807, 2.05) is 19.1 Å². The molecule has 1 N–H and O–H groups in total. The van der Waals surface area contributed by atoms with E-state index in [1.54, 1.807) is 33.9 Å². The topological polar surface area (TPSA) is 65.8 Å². The molecule has 0 bridgehead atoms. The Bertz CT molecular complexity index is 458. The number of carbonyl (C=O) groups is 1. The fourth-order valence-corrected chi connectivity index (χ4v) is 1.37.